The van der Waals surface area contributed by atoms with E-state index < -0.39 is 23.4 Å². The predicted molar refractivity (Wildman–Crippen MR) is 79.5 cm³/mol. The van der Waals surface area contributed by atoms with Crippen LogP contribution in [-0.2, 0) is 14.4 Å². The highest BCUT2D eigenvalue weighted by Gasteiger charge is 2.36. The van der Waals surface area contributed by atoms with Gasteiger partial charge in [-0.2, -0.15) is 0 Å². The second-order valence-electron chi connectivity index (χ2n) is 6.47. The molecule has 7 heteroatoms. The fraction of sp³-hybridized carbons (Fsp3) is 0.786. The standard InChI is InChI=1S/C14H26N4O3/c1-8(15-5)11(19)17-10(14(2,3)4)13(21)18-12(20)9-6-7-16-9/h8-10,15-16H,6-7H2,1-5H3,(H,17,19)(H,18,20,21)/t8-,9?,10+/m0/s1. The second kappa shape index (κ2) is 7.00. The van der Waals surface area contributed by atoms with Crippen LogP contribution in [0.2, 0.25) is 0 Å². The van der Waals surface area contributed by atoms with E-state index in [0.717, 1.165) is 13.0 Å². The summed E-state index contributed by atoms with van der Waals surface area (Å²) in [4.78, 5) is 36.1. The van der Waals surface area contributed by atoms with E-state index in [1.807, 2.05) is 20.8 Å². The van der Waals surface area contributed by atoms with Crippen LogP contribution in [0.5, 0.6) is 0 Å². The van der Waals surface area contributed by atoms with Crippen molar-refractivity contribution in [1.82, 2.24) is 21.3 Å². The Morgan fingerprint density at radius 3 is 2.14 bits per heavy atom. The third-order valence-corrected chi connectivity index (χ3v) is 3.63. The van der Waals surface area contributed by atoms with Crippen LogP contribution in [0.4, 0.5) is 0 Å². The number of carbonyl (C=O) groups is 3. The van der Waals surface area contributed by atoms with E-state index >= 15 is 0 Å². The molecule has 1 saturated heterocycles. The zero-order chi connectivity index (χ0) is 16.2. The van der Waals surface area contributed by atoms with Crippen LogP contribution >= 0.6 is 0 Å². The molecule has 0 aromatic heterocycles. The average Bonchev–Trinajstić information content (AvgIpc) is 2.30. The summed E-state index contributed by atoms with van der Waals surface area (Å²) in [6.07, 6.45) is 0.725. The molecule has 4 N–H and O–H groups in total. The number of carbonyl (C=O) groups excluding carboxylic acids is 3. The third kappa shape index (κ3) is 4.78. The Morgan fingerprint density at radius 2 is 1.76 bits per heavy atom. The molecule has 120 valence electrons. The third-order valence-electron chi connectivity index (χ3n) is 3.63. The van der Waals surface area contributed by atoms with Gasteiger partial charge in [-0.15, -0.1) is 0 Å². The van der Waals surface area contributed by atoms with Crippen molar-refractivity contribution in [1.29, 1.82) is 0 Å². The molecule has 0 saturated carbocycles. The van der Waals surface area contributed by atoms with E-state index in [1.165, 1.54) is 0 Å². The van der Waals surface area contributed by atoms with Crippen LogP contribution in [0, 0.1) is 5.41 Å². The summed E-state index contributed by atoms with van der Waals surface area (Å²) < 4.78 is 0. The smallest absolute Gasteiger partial charge is 0.249 e. The number of amides is 3. The van der Waals surface area contributed by atoms with Crippen molar-refractivity contribution in [3.63, 3.8) is 0 Å². The Morgan fingerprint density at radius 1 is 1.19 bits per heavy atom. The van der Waals surface area contributed by atoms with Gasteiger partial charge in [-0.05, 0) is 32.4 Å². The molecule has 1 aliphatic rings. The Balaban J connectivity index is 2.70. The van der Waals surface area contributed by atoms with Crippen LogP contribution in [-0.4, -0.2) is 49.4 Å². The SMILES string of the molecule is CN[C@@H](C)C(=O)N[C@H](C(=O)NC(=O)C1CCN1)C(C)(C)C. The van der Waals surface area contributed by atoms with Crippen molar-refractivity contribution >= 4 is 17.7 Å². The number of imide groups is 1. The molecule has 0 spiro atoms. The average molecular weight is 298 g/mol. The molecule has 7 nitrogen and oxygen atoms in total. The number of rotatable bonds is 5. The molecule has 0 aromatic rings. The van der Waals surface area contributed by atoms with Crippen molar-refractivity contribution in [2.24, 2.45) is 5.41 Å². The zero-order valence-corrected chi connectivity index (χ0v) is 13.4. The van der Waals surface area contributed by atoms with E-state index in [0.29, 0.717) is 0 Å². The molecule has 3 atom stereocenters. The first-order valence-electron chi connectivity index (χ1n) is 7.22. The first kappa shape index (κ1) is 17.6. The molecule has 1 aliphatic heterocycles. The van der Waals surface area contributed by atoms with Crippen molar-refractivity contribution in [3.05, 3.63) is 0 Å². The molecule has 0 aliphatic carbocycles. The monoisotopic (exact) mass is 298 g/mol. The number of nitrogens with one attached hydrogen (secondary N) is 4. The van der Waals surface area contributed by atoms with Gasteiger partial charge in [0.1, 0.15) is 6.04 Å². The van der Waals surface area contributed by atoms with Crippen molar-refractivity contribution in [2.45, 2.75) is 52.2 Å². The van der Waals surface area contributed by atoms with Gasteiger partial charge in [0.25, 0.3) is 0 Å². The van der Waals surface area contributed by atoms with Crippen LogP contribution in [0.15, 0.2) is 0 Å². The highest BCUT2D eigenvalue weighted by Crippen LogP contribution is 2.19. The summed E-state index contributed by atoms with van der Waals surface area (Å²) in [6, 6.07) is -1.49. The summed E-state index contributed by atoms with van der Waals surface area (Å²) in [5.74, 6) is -1.09. The highest BCUT2D eigenvalue weighted by molar-refractivity contribution is 6.02. The van der Waals surface area contributed by atoms with E-state index in [4.69, 9.17) is 0 Å². The maximum Gasteiger partial charge on any atom is 0.249 e. The Bertz CT molecular complexity index is 413. The first-order chi connectivity index (χ1) is 9.66. The summed E-state index contributed by atoms with van der Waals surface area (Å²) in [6.45, 7) is 8.01. The van der Waals surface area contributed by atoms with Gasteiger partial charge in [-0.3, -0.25) is 19.7 Å². The summed E-state index contributed by atoms with van der Waals surface area (Å²) >= 11 is 0. The van der Waals surface area contributed by atoms with E-state index in [9.17, 15) is 14.4 Å². The van der Waals surface area contributed by atoms with Gasteiger partial charge in [0.05, 0.1) is 12.1 Å². The lowest BCUT2D eigenvalue weighted by atomic mass is 9.85. The van der Waals surface area contributed by atoms with Gasteiger partial charge >= 0.3 is 0 Å². The lowest BCUT2D eigenvalue weighted by Gasteiger charge is -2.32. The normalized spacial score (nSPS) is 20.9. The van der Waals surface area contributed by atoms with Gasteiger partial charge in [0.2, 0.25) is 17.7 Å². The molecule has 1 rings (SSSR count). The summed E-state index contributed by atoms with van der Waals surface area (Å²) in [7, 11) is 1.67. The fourth-order valence-electron chi connectivity index (χ4n) is 1.87. The van der Waals surface area contributed by atoms with Crippen molar-refractivity contribution in [2.75, 3.05) is 13.6 Å². The fourth-order valence-corrected chi connectivity index (χ4v) is 1.87. The van der Waals surface area contributed by atoms with Crippen LogP contribution in [0.1, 0.15) is 34.1 Å². The number of hydrogen-bond donors (Lipinski definition) is 4. The number of likely N-dealkylation sites (N-methyl/N-ethyl adjacent to an activating group) is 1. The predicted octanol–water partition coefficient (Wildman–Crippen LogP) is -0.870. The van der Waals surface area contributed by atoms with Gasteiger partial charge in [0, 0.05) is 0 Å². The molecule has 0 bridgehead atoms. The van der Waals surface area contributed by atoms with Crippen molar-refractivity contribution in [3.8, 4) is 0 Å². The highest BCUT2D eigenvalue weighted by atomic mass is 16.2. The van der Waals surface area contributed by atoms with Crippen LogP contribution < -0.4 is 21.3 Å². The topological polar surface area (TPSA) is 99.3 Å². The van der Waals surface area contributed by atoms with E-state index in [-0.39, 0.29) is 17.9 Å². The molecule has 1 heterocycles. The van der Waals surface area contributed by atoms with Gasteiger partial charge in [-0.1, -0.05) is 20.8 Å². The van der Waals surface area contributed by atoms with Gasteiger partial charge in [-0.25, -0.2) is 0 Å². The molecule has 1 unspecified atom stereocenters. The van der Waals surface area contributed by atoms with E-state index in [2.05, 4.69) is 21.3 Å². The first-order valence-corrected chi connectivity index (χ1v) is 7.22. The van der Waals surface area contributed by atoms with Crippen molar-refractivity contribution < 1.29 is 14.4 Å². The quantitative estimate of drug-likeness (QED) is 0.529. The molecule has 0 aromatic carbocycles. The minimum Gasteiger partial charge on any atom is -0.342 e. The lowest BCUT2D eigenvalue weighted by molar-refractivity contribution is -0.137. The van der Waals surface area contributed by atoms with Gasteiger partial charge in [0.15, 0.2) is 0 Å². The maximum absolute atomic E-state index is 12.3. The summed E-state index contributed by atoms with van der Waals surface area (Å²) in [5, 5.41) is 10.8. The zero-order valence-electron chi connectivity index (χ0n) is 13.4. The molecule has 21 heavy (non-hydrogen) atoms. The Hall–Kier alpha value is -1.47. The minimum absolute atomic E-state index is 0.276. The van der Waals surface area contributed by atoms with Gasteiger partial charge < -0.3 is 16.0 Å². The lowest BCUT2D eigenvalue weighted by Crippen LogP contribution is -2.61. The molecule has 0 radical (unpaired) electrons. The molecular formula is C14H26N4O3. The van der Waals surface area contributed by atoms with Crippen LogP contribution in [0.25, 0.3) is 0 Å². The van der Waals surface area contributed by atoms with E-state index in [1.54, 1.807) is 14.0 Å². The molecular weight excluding hydrogens is 272 g/mol. The largest absolute Gasteiger partial charge is 0.342 e. The maximum atomic E-state index is 12.3. The Labute approximate surface area is 125 Å². The molecule has 1 fully saturated rings. The number of hydrogen-bond acceptors (Lipinski definition) is 5. The molecule has 3 amide bonds. The van der Waals surface area contributed by atoms with Crippen LogP contribution in [0.3, 0.4) is 0 Å². The summed E-state index contributed by atoms with van der Waals surface area (Å²) in [5.41, 5.74) is -0.499. The second-order valence-corrected chi connectivity index (χ2v) is 6.47. The Kier molecular flexibility index (Phi) is 5.86. The minimum atomic E-state index is -0.773.